The number of nitrogens with zero attached hydrogens (tertiary/aromatic N) is 2. The van der Waals surface area contributed by atoms with Crippen molar-refractivity contribution in [2.45, 2.75) is 6.42 Å². The molecule has 0 spiro atoms. The molecule has 1 aromatic heterocycles. The first-order chi connectivity index (χ1) is 5.36. The number of anilines is 2. The van der Waals surface area contributed by atoms with Crippen LogP contribution in [0.3, 0.4) is 0 Å². The van der Waals surface area contributed by atoms with Gasteiger partial charge in [-0.05, 0) is 18.6 Å². The molecule has 0 bridgehead atoms. The molecular formula is C8H13N3. The Morgan fingerprint density at radius 1 is 1.45 bits per heavy atom. The Morgan fingerprint density at radius 3 is 2.73 bits per heavy atom. The second-order valence-electron chi connectivity index (χ2n) is 2.79. The van der Waals surface area contributed by atoms with E-state index < -0.39 is 0 Å². The minimum absolute atomic E-state index is 0. The van der Waals surface area contributed by atoms with E-state index in [9.17, 15) is 0 Å². The van der Waals surface area contributed by atoms with Crippen LogP contribution in [0.4, 0.5) is 11.5 Å². The summed E-state index contributed by atoms with van der Waals surface area (Å²) in [7, 11) is 0. The molecule has 1 aliphatic heterocycles. The monoisotopic (exact) mass is 151 g/mol. The SMILES string of the molecule is Nc1ccc(N2CCC2)nc1.[HH]. The Hall–Kier alpha value is -1.25. The average Bonchev–Trinajstić information content (AvgIpc) is 1.90. The second kappa shape index (κ2) is 2.42. The van der Waals surface area contributed by atoms with Crippen molar-refractivity contribution in [1.82, 2.24) is 4.98 Å². The standard InChI is InChI=1S/C8H11N3.H2/c9-7-2-3-8(10-6-7)11-4-1-5-11;/h2-3,6H,1,4-5,9H2;1H. The number of hydrogen-bond acceptors (Lipinski definition) is 3. The summed E-state index contributed by atoms with van der Waals surface area (Å²) < 4.78 is 0. The molecule has 3 nitrogen and oxygen atoms in total. The number of rotatable bonds is 1. The van der Waals surface area contributed by atoms with Gasteiger partial charge in [0.1, 0.15) is 5.82 Å². The topological polar surface area (TPSA) is 42.1 Å². The summed E-state index contributed by atoms with van der Waals surface area (Å²) >= 11 is 0. The van der Waals surface area contributed by atoms with Crippen molar-refractivity contribution in [1.29, 1.82) is 0 Å². The van der Waals surface area contributed by atoms with Gasteiger partial charge in [0.25, 0.3) is 0 Å². The van der Waals surface area contributed by atoms with Crippen LogP contribution in [-0.4, -0.2) is 18.1 Å². The van der Waals surface area contributed by atoms with Crippen molar-refractivity contribution >= 4 is 11.5 Å². The molecule has 0 atom stereocenters. The van der Waals surface area contributed by atoms with Crippen LogP contribution in [-0.2, 0) is 0 Å². The number of nitrogen functional groups attached to an aromatic ring is 1. The van der Waals surface area contributed by atoms with E-state index in [1.165, 1.54) is 6.42 Å². The van der Waals surface area contributed by atoms with Gasteiger partial charge in [0.05, 0.1) is 11.9 Å². The summed E-state index contributed by atoms with van der Waals surface area (Å²) in [6.07, 6.45) is 2.99. The largest absolute Gasteiger partial charge is 0.397 e. The zero-order valence-electron chi connectivity index (χ0n) is 6.33. The summed E-state index contributed by atoms with van der Waals surface area (Å²) in [6.45, 7) is 2.27. The summed E-state index contributed by atoms with van der Waals surface area (Å²) in [5.74, 6) is 1.05. The van der Waals surface area contributed by atoms with Gasteiger partial charge in [-0.3, -0.25) is 0 Å². The molecule has 0 saturated carbocycles. The average molecular weight is 151 g/mol. The van der Waals surface area contributed by atoms with Crippen LogP contribution in [0.15, 0.2) is 18.3 Å². The van der Waals surface area contributed by atoms with E-state index in [-0.39, 0.29) is 1.43 Å². The molecule has 60 valence electrons. The molecule has 2 rings (SSSR count). The van der Waals surface area contributed by atoms with Crippen LogP contribution >= 0.6 is 0 Å². The minimum Gasteiger partial charge on any atom is -0.397 e. The van der Waals surface area contributed by atoms with Crippen LogP contribution in [0.1, 0.15) is 7.85 Å². The first-order valence-electron chi connectivity index (χ1n) is 3.83. The molecule has 0 unspecified atom stereocenters. The van der Waals surface area contributed by atoms with Crippen LogP contribution in [0.5, 0.6) is 0 Å². The molecule has 0 aliphatic carbocycles. The Kier molecular flexibility index (Phi) is 1.42. The fraction of sp³-hybridized carbons (Fsp3) is 0.375. The van der Waals surface area contributed by atoms with Gasteiger partial charge >= 0.3 is 0 Å². The highest BCUT2D eigenvalue weighted by atomic mass is 15.2. The normalized spacial score (nSPS) is 16.2. The minimum atomic E-state index is 0. The van der Waals surface area contributed by atoms with Crippen molar-refractivity contribution in [3.8, 4) is 0 Å². The first kappa shape index (κ1) is 6.46. The number of pyridine rings is 1. The van der Waals surface area contributed by atoms with E-state index in [2.05, 4.69) is 9.88 Å². The van der Waals surface area contributed by atoms with E-state index >= 15 is 0 Å². The van der Waals surface area contributed by atoms with Gasteiger partial charge in [0, 0.05) is 14.5 Å². The molecule has 11 heavy (non-hydrogen) atoms. The smallest absolute Gasteiger partial charge is 0.128 e. The highest BCUT2D eigenvalue weighted by Gasteiger charge is 2.14. The van der Waals surface area contributed by atoms with Crippen LogP contribution < -0.4 is 10.6 Å². The third-order valence-electron chi connectivity index (χ3n) is 1.95. The van der Waals surface area contributed by atoms with E-state index in [1.807, 2.05) is 12.1 Å². The lowest BCUT2D eigenvalue weighted by Gasteiger charge is -2.31. The quantitative estimate of drug-likeness (QED) is 0.654. The van der Waals surface area contributed by atoms with Gasteiger partial charge in [0.15, 0.2) is 0 Å². The molecule has 0 radical (unpaired) electrons. The highest BCUT2D eigenvalue weighted by molar-refractivity contribution is 5.46. The molecular weight excluding hydrogens is 138 g/mol. The van der Waals surface area contributed by atoms with Gasteiger partial charge in [-0.2, -0.15) is 0 Å². The Labute approximate surface area is 67.3 Å². The lowest BCUT2D eigenvalue weighted by molar-refractivity contribution is 0.610. The van der Waals surface area contributed by atoms with E-state index in [1.54, 1.807) is 6.20 Å². The lowest BCUT2D eigenvalue weighted by Crippen LogP contribution is -2.37. The van der Waals surface area contributed by atoms with Crippen LogP contribution in [0.2, 0.25) is 0 Å². The molecule has 1 aliphatic rings. The molecule has 1 saturated heterocycles. The van der Waals surface area contributed by atoms with Crippen molar-refractivity contribution < 1.29 is 1.43 Å². The number of hydrogen-bond donors (Lipinski definition) is 1. The van der Waals surface area contributed by atoms with Gasteiger partial charge in [0.2, 0.25) is 0 Å². The summed E-state index contributed by atoms with van der Waals surface area (Å²) in [4.78, 5) is 6.44. The third kappa shape index (κ3) is 1.13. The van der Waals surface area contributed by atoms with Crippen LogP contribution in [0.25, 0.3) is 0 Å². The maximum absolute atomic E-state index is 5.51. The Morgan fingerprint density at radius 2 is 2.27 bits per heavy atom. The van der Waals surface area contributed by atoms with Crippen LogP contribution in [0, 0.1) is 0 Å². The maximum Gasteiger partial charge on any atom is 0.128 e. The van der Waals surface area contributed by atoms with Gasteiger partial charge in [-0.25, -0.2) is 4.98 Å². The zero-order valence-corrected chi connectivity index (χ0v) is 6.33. The molecule has 2 heterocycles. The van der Waals surface area contributed by atoms with E-state index in [4.69, 9.17) is 5.73 Å². The molecule has 1 aromatic rings. The zero-order chi connectivity index (χ0) is 7.68. The summed E-state index contributed by atoms with van der Waals surface area (Å²) in [5.41, 5.74) is 6.24. The Balaban J connectivity index is 0.000000720. The molecule has 0 aromatic carbocycles. The second-order valence-corrected chi connectivity index (χ2v) is 2.79. The number of nitrogens with two attached hydrogens (primary N) is 1. The number of aromatic nitrogens is 1. The van der Waals surface area contributed by atoms with Crippen molar-refractivity contribution in [3.63, 3.8) is 0 Å². The molecule has 3 heteroatoms. The lowest BCUT2D eigenvalue weighted by atomic mass is 10.2. The van der Waals surface area contributed by atoms with E-state index in [0.29, 0.717) is 0 Å². The van der Waals surface area contributed by atoms with Gasteiger partial charge in [-0.1, -0.05) is 0 Å². The summed E-state index contributed by atoms with van der Waals surface area (Å²) in [6, 6.07) is 3.86. The van der Waals surface area contributed by atoms with Gasteiger partial charge < -0.3 is 10.6 Å². The molecule has 0 amide bonds. The predicted octanol–water partition coefficient (Wildman–Crippen LogP) is 1.12. The third-order valence-corrected chi connectivity index (χ3v) is 1.95. The maximum atomic E-state index is 5.51. The van der Waals surface area contributed by atoms with Crippen molar-refractivity contribution in [2.24, 2.45) is 0 Å². The molecule has 2 N–H and O–H groups in total. The molecule has 1 fully saturated rings. The predicted molar refractivity (Wildman–Crippen MR) is 47.6 cm³/mol. The fourth-order valence-electron chi connectivity index (χ4n) is 1.13. The summed E-state index contributed by atoms with van der Waals surface area (Å²) in [5, 5.41) is 0. The Bertz CT molecular complexity index is 243. The highest BCUT2D eigenvalue weighted by Crippen LogP contribution is 2.17. The van der Waals surface area contributed by atoms with E-state index in [0.717, 1.165) is 24.6 Å². The first-order valence-corrected chi connectivity index (χ1v) is 3.83. The van der Waals surface area contributed by atoms with Gasteiger partial charge in [-0.15, -0.1) is 0 Å². The van der Waals surface area contributed by atoms with Crippen molar-refractivity contribution in [3.05, 3.63) is 18.3 Å². The fourth-order valence-corrected chi connectivity index (χ4v) is 1.13. The van der Waals surface area contributed by atoms with Crippen molar-refractivity contribution in [2.75, 3.05) is 23.7 Å².